The Morgan fingerprint density at radius 1 is 1.46 bits per heavy atom. The molecule has 5 N–H and O–H groups in total. The zero-order valence-electron chi connectivity index (χ0n) is 13.9. The van der Waals surface area contributed by atoms with Gasteiger partial charge >= 0.3 is 5.97 Å². The molecule has 3 rings (SSSR count). The number of carbonyl (C=O) groups is 1. The minimum atomic E-state index is -0.986. The molecule has 1 aliphatic rings. The van der Waals surface area contributed by atoms with Gasteiger partial charge in [-0.15, -0.1) is 11.3 Å². The van der Waals surface area contributed by atoms with Crippen LogP contribution in [0, 0.1) is 0 Å². The highest BCUT2D eigenvalue weighted by Gasteiger charge is 2.22. The van der Waals surface area contributed by atoms with Gasteiger partial charge < -0.3 is 21.5 Å². The highest BCUT2D eigenvalue weighted by Crippen LogP contribution is 2.37. The highest BCUT2D eigenvalue weighted by atomic mass is 32.1. The predicted molar refractivity (Wildman–Crippen MR) is 99.0 cm³/mol. The van der Waals surface area contributed by atoms with Crippen molar-refractivity contribution in [3.8, 4) is 0 Å². The molecule has 1 atom stereocenters. The van der Waals surface area contributed by atoms with Crippen LogP contribution < -0.4 is 16.4 Å². The standard InChI is InChI=1S/C17H24N4O2S/c1-2-4-10-9-12(21-7-3-5-11(18)6-8-21)20-16-13(10)14(19)15(24-16)17(22)23/h9,11H,2-8,18-19H2,1H3,(H,22,23). The Morgan fingerprint density at radius 2 is 2.25 bits per heavy atom. The summed E-state index contributed by atoms with van der Waals surface area (Å²) in [6, 6.07) is 2.34. The van der Waals surface area contributed by atoms with Gasteiger partial charge in [0.1, 0.15) is 15.5 Å². The van der Waals surface area contributed by atoms with Crippen molar-refractivity contribution in [3.05, 3.63) is 16.5 Å². The van der Waals surface area contributed by atoms with Crippen LogP contribution >= 0.6 is 11.3 Å². The smallest absolute Gasteiger partial charge is 0.348 e. The Balaban J connectivity index is 2.07. The molecular weight excluding hydrogens is 324 g/mol. The minimum Gasteiger partial charge on any atom is -0.477 e. The Labute approximate surface area is 145 Å². The maximum absolute atomic E-state index is 11.4. The highest BCUT2D eigenvalue weighted by molar-refractivity contribution is 7.21. The molecule has 1 aliphatic heterocycles. The van der Waals surface area contributed by atoms with Crippen molar-refractivity contribution in [2.75, 3.05) is 23.7 Å². The topological polar surface area (TPSA) is 105 Å². The van der Waals surface area contributed by atoms with Crippen LogP contribution in [-0.2, 0) is 6.42 Å². The number of carboxylic acids is 1. The molecule has 7 heteroatoms. The van der Waals surface area contributed by atoms with Gasteiger partial charge in [-0.2, -0.15) is 0 Å². The van der Waals surface area contributed by atoms with E-state index >= 15 is 0 Å². The quantitative estimate of drug-likeness (QED) is 0.784. The SMILES string of the molecule is CCCc1cc(N2CCCC(N)CC2)nc2sc(C(=O)O)c(N)c12. The Morgan fingerprint density at radius 3 is 2.96 bits per heavy atom. The molecule has 130 valence electrons. The zero-order valence-corrected chi connectivity index (χ0v) is 14.7. The Bertz CT molecular complexity index is 759. The van der Waals surface area contributed by atoms with Crippen LogP contribution in [0.1, 0.15) is 47.8 Å². The van der Waals surface area contributed by atoms with Gasteiger partial charge in [0.25, 0.3) is 0 Å². The number of carboxylic acid groups (broad SMARTS) is 1. The van der Waals surface area contributed by atoms with Crippen molar-refractivity contribution in [1.29, 1.82) is 0 Å². The van der Waals surface area contributed by atoms with Crippen molar-refractivity contribution in [2.24, 2.45) is 5.73 Å². The number of thiophene rings is 1. The van der Waals surface area contributed by atoms with E-state index < -0.39 is 5.97 Å². The van der Waals surface area contributed by atoms with Gasteiger partial charge in [0.05, 0.1) is 5.69 Å². The molecule has 0 bridgehead atoms. The van der Waals surface area contributed by atoms with E-state index in [1.807, 2.05) is 0 Å². The summed E-state index contributed by atoms with van der Waals surface area (Å²) in [5, 5.41) is 10.2. The number of hydrogen-bond donors (Lipinski definition) is 3. The van der Waals surface area contributed by atoms with Crippen molar-refractivity contribution in [3.63, 3.8) is 0 Å². The number of aromatic nitrogens is 1. The average Bonchev–Trinajstić information content (AvgIpc) is 2.73. The number of hydrogen-bond acceptors (Lipinski definition) is 6. The summed E-state index contributed by atoms with van der Waals surface area (Å²) < 4.78 is 0. The fraction of sp³-hybridized carbons (Fsp3) is 0.529. The molecule has 0 amide bonds. The molecule has 2 aromatic heterocycles. The molecule has 0 aliphatic carbocycles. The first kappa shape index (κ1) is 17.0. The van der Waals surface area contributed by atoms with Gasteiger partial charge in [-0.3, -0.25) is 0 Å². The fourth-order valence-corrected chi connectivity index (χ4v) is 4.30. The van der Waals surface area contributed by atoms with E-state index in [9.17, 15) is 9.90 Å². The van der Waals surface area contributed by atoms with Gasteiger partial charge in [-0.05, 0) is 37.3 Å². The van der Waals surface area contributed by atoms with Gasteiger partial charge in [-0.1, -0.05) is 13.3 Å². The molecule has 6 nitrogen and oxygen atoms in total. The number of nitrogens with zero attached hydrogens (tertiary/aromatic N) is 2. The lowest BCUT2D eigenvalue weighted by Gasteiger charge is -2.22. The molecule has 0 radical (unpaired) electrons. The van der Waals surface area contributed by atoms with Gasteiger partial charge in [0.15, 0.2) is 0 Å². The van der Waals surface area contributed by atoms with Crippen LogP contribution in [0.5, 0.6) is 0 Å². The Hall–Kier alpha value is -1.86. The Kier molecular flexibility index (Phi) is 4.91. The van der Waals surface area contributed by atoms with Crippen LogP contribution in [0.2, 0.25) is 0 Å². The summed E-state index contributed by atoms with van der Waals surface area (Å²) in [5.74, 6) is -0.0708. The van der Waals surface area contributed by atoms with Crippen molar-refractivity contribution < 1.29 is 9.90 Å². The lowest BCUT2D eigenvalue weighted by molar-refractivity contribution is 0.0703. The lowest BCUT2D eigenvalue weighted by atomic mass is 10.1. The summed E-state index contributed by atoms with van der Waals surface area (Å²) >= 11 is 1.17. The fourth-order valence-electron chi connectivity index (χ4n) is 3.32. The first-order valence-corrected chi connectivity index (χ1v) is 9.28. The number of rotatable bonds is 4. The van der Waals surface area contributed by atoms with Crippen LogP contribution in [0.15, 0.2) is 6.07 Å². The molecule has 1 unspecified atom stereocenters. The zero-order chi connectivity index (χ0) is 17.3. The number of anilines is 2. The maximum atomic E-state index is 11.4. The molecule has 1 fully saturated rings. The van der Waals surface area contributed by atoms with E-state index in [-0.39, 0.29) is 10.9 Å². The van der Waals surface area contributed by atoms with E-state index in [0.717, 1.165) is 66.8 Å². The summed E-state index contributed by atoms with van der Waals surface area (Å²) in [5.41, 5.74) is 13.6. The maximum Gasteiger partial charge on any atom is 0.348 e. The van der Waals surface area contributed by atoms with E-state index in [2.05, 4.69) is 17.9 Å². The molecule has 0 saturated carbocycles. The molecule has 24 heavy (non-hydrogen) atoms. The average molecular weight is 348 g/mol. The summed E-state index contributed by atoms with van der Waals surface area (Å²) in [6.45, 7) is 3.93. The number of nitrogens with two attached hydrogens (primary N) is 2. The second kappa shape index (κ2) is 6.94. The van der Waals surface area contributed by atoms with Crippen LogP contribution in [0.3, 0.4) is 0 Å². The molecule has 1 saturated heterocycles. The van der Waals surface area contributed by atoms with E-state index in [0.29, 0.717) is 5.69 Å². The van der Waals surface area contributed by atoms with Crippen LogP contribution in [-0.4, -0.2) is 35.2 Å². The number of aryl methyl sites for hydroxylation is 1. The van der Waals surface area contributed by atoms with Crippen molar-refractivity contribution in [2.45, 2.75) is 45.1 Å². The van der Waals surface area contributed by atoms with Gasteiger partial charge in [-0.25, -0.2) is 9.78 Å². The first-order chi connectivity index (χ1) is 11.5. The molecule has 0 aromatic carbocycles. The number of nitrogen functional groups attached to an aromatic ring is 1. The number of aromatic carboxylic acids is 1. The lowest BCUT2D eigenvalue weighted by Crippen LogP contribution is -2.27. The molecule has 2 aromatic rings. The van der Waals surface area contributed by atoms with Gasteiger partial charge in [0, 0.05) is 24.5 Å². The predicted octanol–water partition coefficient (Wildman–Crippen LogP) is 2.85. The van der Waals surface area contributed by atoms with Gasteiger partial charge in [0.2, 0.25) is 0 Å². The monoisotopic (exact) mass is 348 g/mol. The van der Waals surface area contributed by atoms with Crippen LogP contribution in [0.4, 0.5) is 11.5 Å². The largest absolute Gasteiger partial charge is 0.477 e. The third kappa shape index (κ3) is 3.18. The molecule has 3 heterocycles. The summed E-state index contributed by atoms with van der Waals surface area (Å²) in [7, 11) is 0. The molecule has 0 spiro atoms. The van der Waals surface area contributed by atoms with Crippen LogP contribution in [0.25, 0.3) is 10.2 Å². The van der Waals surface area contributed by atoms with E-state index in [4.69, 9.17) is 16.5 Å². The first-order valence-electron chi connectivity index (χ1n) is 8.47. The van der Waals surface area contributed by atoms with E-state index in [1.165, 1.54) is 11.3 Å². The molecular formula is C17H24N4O2S. The third-order valence-electron chi connectivity index (χ3n) is 4.58. The third-order valence-corrected chi connectivity index (χ3v) is 5.66. The van der Waals surface area contributed by atoms with E-state index in [1.54, 1.807) is 0 Å². The number of pyridine rings is 1. The second-order valence-electron chi connectivity index (χ2n) is 6.40. The summed E-state index contributed by atoms with van der Waals surface area (Å²) in [6.07, 6.45) is 4.88. The van der Waals surface area contributed by atoms with Crippen molar-refractivity contribution in [1.82, 2.24) is 4.98 Å². The second-order valence-corrected chi connectivity index (χ2v) is 7.40. The number of fused-ring (bicyclic) bond motifs is 1. The normalized spacial score (nSPS) is 18.8. The van der Waals surface area contributed by atoms with Crippen molar-refractivity contribution >= 4 is 39.0 Å². The summed E-state index contributed by atoms with van der Waals surface area (Å²) in [4.78, 5) is 19.3. The minimum absolute atomic E-state index is 0.185.